The van der Waals surface area contributed by atoms with E-state index in [0.29, 0.717) is 6.61 Å². The summed E-state index contributed by atoms with van der Waals surface area (Å²) in [5.41, 5.74) is 1.24. The van der Waals surface area contributed by atoms with Crippen molar-refractivity contribution in [1.82, 2.24) is 0 Å². The first-order chi connectivity index (χ1) is 7.08. The molecular weight excluding hydrogens is 192 g/mol. The highest BCUT2D eigenvalue weighted by Gasteiger charge is 2.36. The monoisotopic (exact) mass is 212 g/mol. The van der Waals surface area contributed by atoms with E-state index in [-0.39, 0.29) is 11.5 Å². The largest absolute Gasteiger partial charge is 0.203 e. The predicted molar refractivity (Wildman–Crippen MR) is 58.9 cm³/mol. The summed E-state index contributed by atoms with van der Waals surface area (Å²) in [5.74, 6) is 0. The fraction of sp³-hybridized carbons (Fsp3) is 0.667. The molecule has 0 aromatic rings. The highest BCUT2D eigenvalue weighted by molar-refractivity contribution is 5.01. The van der Waals surface area contributed by atoms with Crippen LogP contribution in [0.2, 0.25) is 0 Å². The second-order valence-electron chi connectivity index (χ2n) is 4.47. The Morgan fingerprint density at radius 3 is 2.73 bits per heavy atom. The molecule has 1 saturated heterocycles. The molecule has 0 bridgehead atoms. The SMILES string of the molecule is C=CC(C)(CCC=C(C)C)C1COOO1. The first kappa shape index (κ1) is 12.4. The fourth-order valence-electron chi connectivity index (χ4n) is 1.56. The Labute approximate surface area is 91.6 Å². The van der Waals surface area contributed by atoms with Crippen LogP contribution in [0.1, 0.15) is 33.6 Å². The van der Waals surface area contributed by atoms with Gasteiger partial charge in [0.25, 0.3) is 0 Å². The van der Waals surface area contributed by atoms with Gasteiger partial charge < -0.3 is 0 Å². The molecule has 3 nitrogen and oxygen atoms in total. The third-order valence-electron chi connectivity index (χ3n) is 2.86. The lowest BCUT2D eigenvalue weighted by Crippen LogP contribution is -2.32. The third-order valence-corrected chi connectivity index (χ3v) is 2.86. The topological polar surface area (TPSA) is 27.7 Å². The fourth-order valence-corrected chi connectivity index (χ4v) is 1.56. The summed E-state index contributed by atoms with van der Waals surface area (Å²) < 4.78 is 0. The summed E-state index contributed by atoms with van der Waals surface area (Å²) >= 11 is 0. The molecular formula is C12H20O3. The maximum atomic E-state index is 5.05. The quantitative estimate of drug-likeness (QED) is 0.517. The van der Waals surface area contributed by atoms with Crippen LogP contribution in [-0.4, -0.2) is 12.7 Å². The molecule has 2 unspecified atom stereocenters. The molecule has 3 heteroatoms. The van der Waals surface area contributed by atoms with Gasteiger partial charge in [-0.2, -0.15) is 4.89 Å². The van der Waals surface area contributed by atoms with Crippen molar-refractivity contribution in [3.63, 3.8) is 0 Å². The van der Waals surface area contributed by atoms with E-state index in [4.69, 9.17) is 9.78 Å². The molecule has 2 atom stereocenters. The van der Waals surface area contributed by atoms with Crippen LogP contribution >= 0.6 is 0 Å². The van der Waals surface area contributed by atoms with Gasteiger partial charge in [0, 0.05) is 5.41 Å². The van der Waals surface area contributed by atoms with Gasteiger partial charge in [-0.1, -0.05) is 29.7 Å². The molecule has 1 aliphatic heterocycles. The first-order valence-electron chi connectivity index (χ1n) is 5.30. The van der Waals surface area contributed by atoms with E-state index >= 15 is 0 Å². The smallest absolute Gasteiger partial charge is 0.131 e. The van der Waals surface area contributed by atoms with Gasteiger partial charge in [-0.3, -0.25) is 0 Å². The van der Waals surface area contributed by atoms with Crippen molar-refractivity contribution >= 4 is 0 Å². The molecule has 0 saturated carbocycles. The lowest BCUT2D eigenvalue weighted by Gasteiger charge is -2.28. The Morgan fingerprint density at radius 1 is 1.53 bits per heavy atom. The highest BCUT2D eigenvalue weighted by atomic mass is 17.5. The molecule has 1 fully saturated rings. The van der Waals surface area contributed by atoms with Crippen LogP contribution in [0.15, 0.2) is 24.3 Å². The molecule has 0 N–H and O–H groups in total. The van der Waals surface area contributed by atoms with E-state index in [0.717, 1.165) is 12.8 Å². The molecule has 0 aromatic heterocycles. The normalized spacial score (nSPS) is 24.6. The van der Waals surface area contributed by atoms with Crippen molar-refractivity contribution in [1.29, 1.82) is 0 Å². The predicted octanol–water partition coefficient (Wildman–Crippen LogP) is 3.19. The Morgan fingerprint density at radius 2 is 2.27 bits per heavy atom. The summed E-state index contributed by atoms with van der Waals surface area (Å²) in [6.07, 6.45) is 6.09. The van der Waals surface area contributed by atoms with Gasteiger partial charge in [0.15, 0.2) is 0 Å². The third kappa shape index (κ3) is 3.45. The van der Waals surface area contributed by atoms with Gasteiger partial charge in [0.1, 0.15) is 12.7 Å². The van der Waals surface area contributed by atoms with Gasteiger partial charge >= 0.3 is 0 Å². The zero-order valence-electron chi connectivity index (χ0n) is 9.79. The average Bonchev–Trinajstić information content (AvgIpc) is 2.70. The van der Waals surface area contributed by atoms with Gasteiger partial charge in [-0.25, -0.2) is 4.89 Å². The average molecular weight is 212 g/mol. The highest BCUT2D eigenvalue weighted by Crippen LogP contribution is 2.34. The maximum Gasteiger partial charge on any atom is 0.131 e. The van der Waals surface area contributed by atoms with Crippen molar-refractivity contribution in [3.05, 3.63) is 24.3 Å². The standard InChI is InChI=1S/C12H20O3/c1-5-12(4,8-6-7-10(2)3)11-9-13-15-14-11/h5,7,11H,1,6,8-9H2,2-4H3. The van der Waals surface area contributed by atoms with Crippen LogP contribution in [0.5, 0.6) is 0 Å². The molecule has 1 aliphatic rings. The van der Waals surface area contributed by atoms with Crippen molar-refractivity contribution in [2.24, 2.45) is 5.41 Å². The Hall–Kier alpha value is -0.640. The van der Waals surface area contributed by atoms with Crippen LogP contribution < -0.4 is 0 Å². The van der Waals surface area contributed by atoms with Crippen LogP contribution in [0.25, 0.3) is 0 Å². The summed E-state index contributed by atoms with van der Waals surface area (Å²) in [5, 5.41) is 4.47. The van der Waals surface area contributed by atoms with Crippen molar-refractivity contribution in [2.75, 3.05) is 6.61 Å². The van der Waals surface area contributed by atoms with Gasteiger partial charge in [-0.15, -0.1) is 6.58 Å². The second kappa shape index (κ2) is 5.45. The van der Waals surface area contributed by atoms with Crippen molar-refractivity contribution in [2.45, 2.75) is 39.7 Å². The van der Waals surface area contributed by atoms with Crippen LogP contribution in [0.4, 0.5) is 0 Å². The van der Waals surface area contributed by atoms with Crippen molar-refractivity contribution < 1.29 is 14.8 Å². The van der Waals surface area contributed by atoms with Crippen LogP contribution in [0.3, 0.4) is 0 Å². The molecule has 0 radical (unpaired) electrons. The van der Waals surface area contributed by atoms with Gasteiger partial charge in [0.05, 0.1) is 0 Å². The summed E-state index contributed by atoms with van der Waals surface area (Å²) in [4.78, 5) is 9.80. The minimum Gasteiger partial charge on any atom is -0.203 e. The molecule has 0 spiro atoms. The first-order valence-corrected chi connectivity index (χ1v) is 5.30. The van der Waals surface area contributed by atoms with E-state index < -0.39 is 0 Å². The lowest BCUT2D eigenvalue weighted by molar-refractivity contribution is -0.463. The number of rotatable bonds is 5. The van der Waals surface area contributed by atoms with Crippen molar-refractivity contribution in [3.8, 4) is 0 Å². The number of hydrogen-bond donors (Lipinski definition) is 0. The van der Waals surface area contributed by atoms with E-state index in [2.05, 4.69) is 38.5 Å². The zero-order valence-corrected chi connectivity index (χ0v) is 9.79. The Balaban J connectivity index is 2.51. The minimum absolute atomic E-state index is 0.0550. The van der Waals surface area contributed by atoms with E-state index in [1.807, 2.05) is 6.08 Å². The summed E-state index contributed by atoms with van der Waals surface area (Å²) in [7, 11) is 0. The van der Waals surface area contributed by atoms with E-state index in [1.165, 1.54) is 5.57 Å². The summed E-state index contributed by atoms with van der Waals surface area (Å²) in [6, 6.07) is 0. The van der Waals surface area contributed by atoms with E-state index in [9.17, 15) is 0 Å². The molecule has 0 aliphatic carbocycles. The molecule has 0 aromatic carbocycles. The van der Waals surface area contributed by atoms with Gasteiger partial charge in [-0.05, 0) is 26.7 Å². The van der Waals surface area contributed by atoms with E-state index in [1.54, 1.807) is 0 Å². The van der Waals surface area contributed by atoms with Crippen LogP contribution in [0, 0.1) is 5.41 Å². The van der Waals surface area contributed by atoms with Crippen LogP contribution in [-0.2, 0) is 14.8 Å². The lowest BCUT2D eigenvalue weighted by atomic mass is 9.80. The van der Waals surface area contributed by atoms with Gasteiger partial charge in [0.2, 0.25) is 0 Å². The maximum absolute atomic E-state index is 5.05. The second-order valence-corrected chi connectivity index (χ2v) is 4.47. The number of allylic oxidation sites excluding steroid dienone is 2. The summed E-state index contributed by atoms with van der Waals surface area (Å²) in [6.45, 7) is 10.6. The molecule has 1 rings (SSSR count). The molecule has 0 amide bonds. The molecule has 86 valence electrons. The Kier molecular flexibility index (Phi) is 4.51. The zero-order chi connectivity index (χ0) is 11.3. The minimum atomic E-state index is -0.0948. The number of hydrogen-bond acceptors (Lipinski definition) is 3. The molecule has 15 heavy (non-hydrogen) atoms. The Bertz CT molecular complexity index is 237. The molecule has 1 heterocycles.